The average molecular weight is 268 g/mol. The number of amides is 1. The van der Waals surface area contributed by atoms with E-state index in [9.17, 15) is 14.0 Å². The van der Waals surface area contributed by atoms with Crippen LogP contribution in [0.2, 0.25) is 0 Å². The SMILES string of the molecule is NC(=O)CC[C@H](NCCc1ccc(F)cc1)C(=O)O. The lowest BCUT2D eigenvalue weighted by molar-refractivity contribution is -0.139. The Hall–Kier alpha value is -1.95. The maximum absolute atomic E-state index is 12.7. The first-order chi connectivity index (χ1) is 8.99. The minimum atomic E-state index is -1.01. The van der Waals surface area contributed by atoms with E-state index in [1.807, 2.05) is 0 Å². The molecule has 0 aromatic heterocycles. The van der Waals surface area contributed by atoms with E-state index in [1.54, 1.807) is 12.1 Å². The number of primary amides is 1. The Morgan fingerprint density at radius 1 is 1.32 bits per heavy atom. The quantitative estimate of drug-likeness (QED) is 0.646. The summed E-state index contributed by atoms with van der Waals surface area (Å²) >= 11 is 0. The molecular formula is C13H17FN2O3. The summed E-state index contributed by atoms with van der Waals surface area (Å²) in [5.74, 6) is -1.84. The highest BCUT2D eigenvalue weighted by molar-refractivity contribution is 5.77. The summed E-state index contributed by atoms with van der Waals surface area (Å²) in [6.07, 6.45) is 0.773. The molecule has 104 valence electrons. The second-order valence-corrected chi connectivity index (χ2v) is 4.23. The van der Waals surface area contributed by atoms with Crippen LogP contribution in [0.3, 0.4) is 0 Å². The molecule has 0 heterocycles. The predicted octanol–water partition coefficient (Wildman–Crippen LogP) is 0.676. The van der Waals surface area contributed by atoms with Crippen molar-refractivity contribution in [3.8, 4) is 0 Å². The Morgan fingerprint density at radius 2 is 1.95 bits per heavy atom. The minimum absolute atomic E-state index is 0.0283. The molecular weight excluding hydrogens is 251 g/mol. The van der Waals surface area contributed by atoms with Gasteiger partial charge in [-0.05, 0) is 37.1 Å². The van der Waals surface area contributed by atoms with Gasteiger partial charge in [0, 0.05) is 6.42 Å². The molecule has 1 aromatic rings. The molecule has 0 saturated heterocycles. The second kappa shape index (κ2) is 7.48. The zero-order chi connectivity index (χ0) is 14.3. The number of hydrogen-bond acceptors (Lipinski definition) is 3. The Kier molecular flexibility index (Phi) is 5.95. The fraction of sp³-hybridized carbons (Fsp3) is 0.385. The van der Waals surface area contributed by atoms with Crippen LogP contribution in [0.1, 0.15) is 18.4 Å². The number of carbonyl (C=O) groups is 2. The number of halogens is 1. The molecule has 0 aliphatic carbocycles. The molecule has 0 unspecified atom stereocenters. The van der Waals surface area contributed by atoms with E-state index < -0.39 is 17.9 Å². The van der Waals surface area contributed by atoms with E-state index in [1.165, 1.54) is 12.1 Å². The molecule has 5 nitrogen and oxygen atoms in total. The number of nitrogens with two attached hydrogens (primary N) is 1. The zero-order valence-corrected chi connectivity index (χ0v) is 10.4. The molecule has 0 spiro atoms. The van der Waals surface area contributed by atoms with Gasteiger partial charge in [0.1, 0.15) is 11.9 Å². The summed E-state index contributed by atoms with van der Waals surface area (Å²) < 4.78 is 12.7. The number of carboxylic acid groups (broad SMARTS) is 1. The first kappa shape index (κ1) is 15.1. The fourth-order valence-corrected chi connectivity index (χ4v) is 1.64. The lowest BCUT2D eigenvalue weighted by Crippen LogP contribution is -2.38. The third kappa shape index (κ3) is 5.96. The number of hydrogen-bond donors (Lipinski definition) is 3. The van der Waals surface area contributed by atoms with Gasteiger partial charge in [0.25, 0.3) is 0 Å². The van der Waals surface area contributed by atoms with Crippen LogP contribution in [-0.2, 0) is 16.0 Å². The maximum Gasteiger partial charge on any atom is 0.320 e. The Labute approximate surface area is 110 Å². The van der Waals surface area contributed by atoms with Gasteiger partial charge < -0.3 is 16.2 Å². The highest BCUT2D eigenvalue weighted by Gasteiger charge is 2.16. The molecule has 1 rings (SSSR count). The standard InChI is InChI=1S/C13H17FN2O3/c14-10-3-1-9(2-4-10)7-8-16-11(13(18)19)5-6-12(15)17/h1-4,11,16H,5-8H2,(H2,15,17)(H,18,19)/t11-/m0/s1. The summed E-state index contributed by atoms with van der Waals surface area (Å²) in [6.45, 7) is 0.432. The van der Waals surface area contributed by atoms with Gasteiger partial charge in [-0.15, -0.1) is 0 Å². The molecule has 0 bridgehead atoms. The van der Waals surface area contributed by atoms with Gasteiger partial charge in [-0.25, -0.2) is 4.39 Å². The van der Waals surface area contributed by atoms with E-state index >= 15 is 0 Å². The molecule has 0 fully saturated rings. The van der Waals surface area contributed by atoms with Crippen molar-refractivity contribution >= 4 is 11.9 Å². The van der Waals surface area contributed by atoms with Gasteiger partial charge in [0.2, 0.25) is 5.91 Å². The number of benzene rings is 1. The van der Waals surface area contributed by atoms with E-state index in [-0.39, 0.29) is 18.7 Å². The van der Waals surface area contributed by atoms with E-state index in [0.29, 0.717) is 13.0 Å². The number of carboxylic acids is 1. The van der Waals surface area contributed by atoms with Crippen LogP contribution in [0.25, 0.3) is 0 Å². The highest BCUT2D eigenvalue weighted by atomic mass is 19.1. The van der Waals surface area contributed by atoms with E-state index in [0.717, 1.165) is 5.56 Å². The summed E-state index contributed by atoms with van der Waals surface area (Å²) in [5.41, 5.74) is 5.89. The Morgan fingerprint density at radius 3 is 2.47 bits per heavy atom. The first-order valence-electron chi connectivity index (χ1n) is 5.98. The molecule has 0 aliphatic rings. The van der Waals surface area contributed by atoms with Crippen LogP contribution in [0.15, 0.2) is 24.3 Å². The van der Waals surface area contributed by atoms with Crippen molar-refractivity contribution in [3.05, 3.63) is 35.6 Å². The molecule has 0 aliphatic heterocycles. The van der Waals surface area contributed by atoms with Crippen LogP contribution in [0.4, 0.5) is 4.39 Å². The van der Waals surface area contributed by atoms with Gasteiger partial charge >= 0.3 is 5.97 Å². The number of nitrogens with one attached hydrogen (secondary N) is 1. The van der Waals surface area contributed by atoms with Crippen molar-refractivity contribution < 1.29 is 19.1 Å². The van der Waals surface area contributed by atoms with Gasteiger partial charge in [-0.3, -0.25) is 9.59 Å². The monoisotopic (exact) mass is 268 g/mol. The highest BCUT2D eigenvalue weighted by Crippen LogP contribution is 2.03. The maximum atomic E-state index is 12.7. The average Bonchev–Trinajstić information content (AvgIpc) is 2.35. The lowest BCUT2D eigenvalue weighted by atomic mass is 10.1. The van der Waals surface area contributed by atoms with Gasteiger partial charge in [-0.1, -0.05) is 12.1 Å². The molecule has 1 aromatic carbocycles. The summed E-state index contributed by atoms with van der Waals surface area (Å²) in [4.78, 5) is 21.6. The third-order valence-corrected chi connectivity index (χ3v) is 2.70. The minimum Gasteiger partial charge on any atom is -0.480 e. The second-order valence-electron chi connectivity index (χ2n) is 4.23. The topological polar surface area (TPSA) is 92.4 Å². The summed E-state index contributed by atoms with van der Waals surface area (Å²) in [5, 5.41) is 11.8. The zero-order valence-electron chi connectivity index (χ0n) is 10.4. The Balaban J connectivity index is 2.37. The van der Waals surface area contributed by atoms with Crippen molar-refractivity contribution in [2.45, 2.75) is 25.3 Å². The molecule has 0 radical (unpaired) electrons. The van der Waals surface area contributed by atoms with Crippen molar-refractivity contribution in [1.82, 2.24) is 5.32 Å². The predicted molar refractivity (Wildman–Crippen MR) is 68.0 cm³/mol. The number of rotatable bonds is 8. The number of aliphatic carboxylic acids is 1. The summed E-state index contributed by atoms with van der Waals surface area (Å²) in [6, 6.07) is 5.22. The molecule has 0 saturated carbocycles. The lowest BCUT2D eigenvalue weighted by Gasteiger charge is -2.13. The molecule has 1 amide bonds. The van der Waals surface area contributed by atoms with Gasteiger partial charge in [0.05, 0.1) is 0 Å². The van der Waals surface area contributed by atoms with Crippen molar-refractivity contribution in [3.63, 3.8) is 0 Å². The van der Waals surface area contributed by atoms with Crippen LogP contribution < -0.4 is 11.1 Å². The van der Waals surface area contributed by atoms with Crippen LogP contribution in [0, 0.1) is 5.82 Å². The van der Waals surface area contributed by atoms with Crippen LogP contribution >= 0.6 is 0 Å². The molecule has 6 heteroatoms. The smallest absolute Gasteiger partial charge is 0.320 e. The molecule has 4 N–H and O–H groups in total. The first-order valence-corrected chi connectivity index (χ1v) is 5.98. The van der Waals surface area contributed by atoms with Crippen LogP contribution in [-0.4, -0.2) is 29.6 Å². The van der Waals surface area contributed by atoms with Crippen LogP contribution in [0.5, 0.6) is 0 Å². The largest absolute Gasteiger partial charge is 0.480 e. The number of carbonyl (C=O) groups excluding carboxylic acids is 1. The Bertz CT molecular complexity index is 434. The third-order valence-electron chi connectivity index (χ3n) is 2.70. The van der Waals surface area contributed by atoms with Gasteiger partial charge in [-0.2, -0.15) is 0 Å². The van der Waals surface area contributed by atoms with E-state index in [2.05, 4.69) is 5.32 Å². The summed E-state index contributed by atoms with van der Waals surface area (Å²) in [7, 11) is 0. The normalized spacial score (nSPS) is 12.1. The van der Waals surface area contributed by atoms with Crippen molar-refractivity contribution in [1.29, 1.82) is 0 Å². The fourth-order valence-electron chi connectivity index (χ4n) is 1.64. The van der Waals surface area contributed by atoms with E-state index in [4.69, 9.17) is 10.8 Å². The van der Waals surface area contributed by atoms with Gasteiger partial charge in [0.15, 0.2) is 0 Å². The molecule has 19 heavy (non-hydrogen) atoms. The van der Waals surface area contributed by atoms with Crippen molar-refractivity contribution in [2.75, 3.05) is 6.54 Å². The molecule has 1 atom stereocenters. The van der Waals surface area contributed by atoms with Crippen molar-refractivity contribution in [2.24, 2.45) is 5.73 Å².